The van der Waals surface area contributed by atoms with Gasteiger partial charge in [0.2, 0.25) is 0 Å². The number of hydrogen-bond acceptors (Lipinski definition) is 3. The third-order valence-electron chi connectivity index (χ3n) is 6.72. The standard InChI is InChI=1S/C18H26O3/c1-16(2)12-6-7-17(16,3)18(19,11-12)13-8-14(20-4)10-15(9-13)21-5/h8-10,12,19H,6-7,11H2,1-5H3/t12-,17-,18+/m1/s1. The average molecular weight is 290 g/mol. The Morgan fingerprint density at radius 2 is 1.62 bits per heavy atom. The minimum atomic E-state index is -0.804. The number of benzene rings is 1. The molecule has 0 saturated heterocycles. The zero-order chi connectivity index (χ0) is 15.5. The lowest BCUT2D eigenvalue weighted by atomic mass is 9.62. The van der Waals surface area contributed by atoms with Crippen LogP contribution in [-0.2, 0) is 5.60 Å². The molecule has 116 valence electrons. The Morgan fingerprint density at radius 1 is 1.05 bits per heavy atom. The molecule has 0 aliphatic heterocycles. The molecular formula is C18H26O3. The summed E-state index contributed by atoms with van der Waals surface area (Å²) in [6.45, 7) is 6.85. The van der Waals surface area contributed by atoms with Gasteiger partial charge in [0.25, 0.3) is 0 Å². The molecule has 2 bridgehead atoms. The van der Waals surface area contributed by atoms with Crippen molar-refractivity contribution < 1.29 is 14.6 Å². The lowest BCUT2D eigenvalue weighted by molar-refractivity contribution is -0.0959. The molecule has 0 spiro atoms. The van der Waals surface area contributed by atoms with Gasteiger partial charge >= 0.3 is 0 Å². The van der Waals surface area contributed by atoms with Gasteiger partial charge in [-0.25, -0.2) is 0 Å². The van der Waals surface area contributed by atoms with E-state index >= 15 is 0 Å². The third kappa shape index (κ3) is 1.70. The molecule has 3 rings (SSSR count). The van der Waals surface area contributed by atoms with Gasteiger partial charge in [0.05, 0.1) is 19.8 Å². The van der Waals surface area contributed by atoms with E-state index in [0.717, 1.165) is 29.9 Å². The number of ether oxygens (including phenoxy) is 2. The molecule has 3 heteroatoms. The van der Waals surface area contributed by atoms with E-state index < -0.39 is 5.60 Å². The second-order valence-corrected chi connectivity index (χ2v) is 7.46. The maximum Gasteiger partial charge on any atom is 0.122 e. The summed E-state index contributed by atoms with van der Waals surface area (Å²) in [5.74, 6) is 2.05. The fourth-order valence-electron chi connectivity index (χ4n) is 4.76. The molecule has 2 fully saturated rings. The Bertz CT molecular complexity index is 543. The molecule has 0 amide bonds. The van der Waals surface area contributed by atoms with Gasteiger partial charge < -0.3 is 14.6 Å². The summed E-state index contributed by atoms with van der Waals surface area (Å²) < 4.78 is 10.8. The molecule has 2 aliphatic carbocycles. The maximum atomic E-state index is 11.6. The number of aliphatic hydroxyl groups is 1. The van der Waals surface area contributed by atoms with Crippen molar-refractivity contribution in [3.8, 4) is 11.5 Å². The minimum absolute atomic E-state index is 0.109. The SMILES string of the molecule is COc1cc(OC)cc([C@@]2(O)C[C@H]3CC[C@]2(C)C3(C)C)c1. The molecule has 0 aromatic heterocycles. The smallest absolute Gasteiger partial charge is 0.122 e. The molecule has 1 aromatic carbocycles. The largest absolute Gasteiger partial charge is 0.497 e. The summed E-state index contributed by atoms with van der Waals surface area (Å²) in [6, 6.07) is 5.78. The van der Waals surface area contributed by atoms with Crippen LogP contribution in [0.1, 0.15) is 45.6 Å². The molecule has 21 heavy (non-hydrogen) atoms. The highest BCUT2D eigenvalue weighted by molar-refractivity contribution is 5.43. The zero-order valence-electron chi connectivity index (χ0n) is 13.7. The lowest BCUT2D eigenvalue weighted by Crippen LogP contribution is -2.44. The van der Waals surface area contributed by atoms with Crippen LogP contribution in [0.2, 0.25) is 0 Å². The Hall–Kier alpha value is -1.22. The van der Waals surface area contributed by atoms with Crippen molar-refractivity contribution >= 4 is 0 Å². The van der Waals surface area contributed by atoms with Gasteiger partial charge in [-0.1, -0.05) is 20.8 Å². The van der Waals surface area contributed by atoms with E-state index in [9.17, 15) is 5.11 Å². The number of fused-ring (bicyclic) bond motifs is 2. The van der Waals surface area contributed by atoms with Crippen LogP contribution >= 0.6 is 0 Å². The molecule has 2 aliphatic rings. The summed E-state index contributed by atoms with van der Waals surface area (Å²) in [4.78, 5) is 0. The summed E-state index contributed by atoms with van der Waals surface area (Å²) in [6.07, 6.45) is 3.11. The van der Waals surface area contributed by atoms with E-state index in [4.69, 9.17) is 9.47 Å². The van der Waals surface area contributed by atoms with Crippen LogP contribution in [0, 0.1) is 16.7 Å². The van der Waals surface area contributed by atoms with E-state index in [1.165, 1.54) is 6.42 Å². The second kappa shape index (κ2) is 4.39. The van der Waals surface area contributed by atoms with Crippen LogP contribution < -0.4 is 9.47 Å². The van der Waals surface area contributed by atoms with Crippen LogP contribution in [0.4, 0.5) is 0 Å². The first kappa shape index (κ1) is 14.7. The predicted molar refractivity (Wildman–Crippen MR) is 82.7 cm³/mol. The quantitative estimate of drug-likeness (QED) is 0.921. The Balaban J connectivity index is 2.12. The Morgan fingerprint density at radius 3 is 2.00 bits per heavy atom. The van der Waals surface area contributed by atoms with Gasteiger partial charge in [-0.15, -0.1) is 0 Å². The van der Waals surface area contributed by atoms with E-state index in [1.54, 1.807) is 14.2 Å². The van der Waals surface area contributed by atoms with Crippen LogP contribution in [0.25, 0.3) is 0 Å². The van der Waals surface area contributed by atoms with Crippen molar-refractivity contribution in [1.82, 2.24) is 0 Å². The first-order valence-electron chi connectivity index (χ1n) is 7.74. The van der Waals surface area contributed by atoms with Gasteiger partial charge in [-0.2, -0.15) is 0 Å². The number of rotatable bonds is 3. The number of hydrogen-bond donors (Lipinski definition) is 1. The fourth-order valence-corrected chi connectivity index (χ4v) is 4.76. The first-order chi connectivity index (χ1) is 9.78. The summed E-state index contributed by atoms with van der Waals surface area (Å²) in [5.41, 5.74) is 0.165. The summed E-state index contributed by atoms with van der Waals surface area (Å²) in [5, 5.41) is 11.6. The van der Waals surface area contributed by atoms with Crippen molar-refractivity contribution in [3.63, 3.8) is 0 Å². The van der Waals surface area contributed by atoms with E-state index in [2.05, 4.69) is 20.8 Å². The predicted octanol–water partition coefficient (Wildman–Crippen LogP) is 3.74. The molecule has 1 N–H and O–H groups in total. The molecule has 1 aromatic rings. The zero-order valence-corrected chi connectivity index (χ0v) is 13.7. The van der Waals surface area contributed by atoms with Gasteiger partial charge in [-0.3, -0.25) is 0 Å². The molecule has 0 heterocycles. The third-order valence-corrected chi connectivity index (χ3v) is 6.72. The topological polar surface area (TPSA) is 38.7 Å². The van der Waals surface area contributed by atoms with Crippen LogP contribution in [0.5, 0.6) is 11.5 Å². The fraction of sp³-hybridized carbons (Fsp3) is 0.667. The van der Waals surface area contributed by atoms with E-state index in [-0.39, 0.29) is 10.8 Å². The molecule has 3 atom stereocenters. The van der Waals surface area contributed by atoms with Crippen LogP contribution in [-0.4, -0.2) is 19.3 Å². The normalized spacial score (nSPS) is 36.8. The molecule has 0 unspecified atom stereocenters. The first-order valence-corrected chi connectivity index (χ1v) is 7.74. The van der Waals surface area contributed by atoms with Crippen molar-refractivity contribution in [1.29, 1.82) is 0 Å². The number of methoxy groups -OCH3 is 2. The van der Waals surface area contributed by atoms with Crippen molar-refractivity contribution in [2.75, 3.05) is 14.2 Å². The van der Waals surface area contributed by atoms with Crippen molar-refractivity contribution in [3.05, 3.63) is 23.8 Å². The highest BCUT2D eigenvalue weighted by Crippen LogP contribution is 2.72. The average Bonchev–Trinajstić information content (AvgIpc) is 2.78. The Kier molecular flexibility index (Phi) is 3.07. The summed E-state index contributed by atoms with van der Waals surface area (Å²) >= 11 is 0. The maximum absolute atomic E-state index is 11.6. The molecule has 2 saturated carbocycles. The highest BCUT2D eigenvalue weighted by Gasteiger charge is 2.68. The second-order valence-electron chi connectivity index (χ2n) is 7.46. The van der Waals surface area contributed by atoms with E-state index in [0.29, 0.717) is 5.92 Å². The molecule has 3 nitrogen and oxygen atoms in total. The van der Waals surface area contributed by atoms with Crippen LogP contribution in [0.15, 0.2) is 18.2 Å². The molecule has 0 radical (unpaired) electrons. The molecular weight excluding hydrogens is 264 g/mol. The minimum Gasteiger partial charge on any atom is -0.497 e. The van der Waals surface area contributed by atoms with Gasteiger partial charge in [0, 0.05) is 11.5 Å². The highest BCUT2D eigenvalue weighted by atomic mass is 16.5. The summed E-state index contributed by atoms with van der Waals surface area (Å²) in [7, 11) is 3.30. The van der Waals surface area contributed by atoms with Crippen molar-refractivity contribution in [2.24, 2.45) is 16.7 Å². The van der Waals surface area contributed by atoms with Crippen molar-refractivity contribution in [2.45, 2.75) is 45.6 Å². The van der Waals surface area contributed by atoms with Gasteiger partial charge in [-0.05, 0) is 48.3 Å². The van der Waals surface area contributed by atoms with Gasteiger partial charge in [0.1, 0.15) is 11.5 Å². The van der Waals surface area contributed by atoms with Gasteiger partial charge in [0.15, 0.2) is 0 Å². The monoisotopic (exact) mass is 290 g/mol. The Labute approximate surface area is 127 Å². The van der Waals surface area contributed by atoms with E-state index in [1.807, 2.05) is 18.2 Å². The van der Waals surface area contributed by atoms with Crippen LogP contribution in [0.3, 0.4) is 0 Å². The lowest BCUT2D eigenvalue weighted by Gasteiger charge is -2.45.